The summed E-state index contributed by atoms with van der Waals surface area (Å²) in [5.74, 6) is 0.732. The Morgan fingerprint density at radius 2 is 2.00 bits per heavy atom. The van der Waals surface area contributed by atoms with E-state index >= 15 is 0 Å². The van der Waals surface area contributed by atoms with Crippen LogP contribution < -0.4 is 5.32 Å². The van der Waals surface area contributed by atoms with Gasteiger partial charge >= 0.3 is 0 Å². The summed E-state index contributed by atoms with van der Waals surface area (Å²) in [7, 11) is 2.06. The van der Waals surface area contributed by atoms with Crippen LogP contribution in [0.2, 0.25) is 0 Å². The highest BCUT2D eigenvalue weighted by Crippen LogP contribution is 2.35. The Labute approximate surface area is 105 Å². The van der Waals surface area contributed by atoms with Gasteiger partial charge in [-0.25, -0.2) is 0 Å². The van der Waals surface area contributed by atoms with Gasteiger partial charge in [0.2, 0.25) is 0 Å². The highest BCUT2D eigenvalue weighted by atomic mass is 79.9. The average molecular weight is 290 g/mol. The van der Waals surface area contributed by atoms with Crippen LogP contribution in [-0.2, 0) is 0 Å². The molecule has 1 unspecified atom stereocenters. The number of rotatable bonds is 5. The molecule has 1 aromatic heterocycles. The van der Waals surface area contributed by atoms with Crippen molar-refractivity contribution in [2.75, 3.05) is 7.05 Å². The minimum atomic E-state index is 0.502. The Balaban J connectivity index is 2.95. The maximum atomic E-state index is 3.56. The summed E-state index contributed by atoms with van der Waals surface area (Å²) >= 11 is 5.39. The van der Waals surface area contributed by atoms with Gasteiger partial charge in [-0.3, -0.25) is 0 Å². The molecule has 15 heavy (non-hydrogen) atoms. The normalized spacial score (nSPS) is 13.5. The second kappa shape index (κ2) is 6.02. The van der Waals surface area contributed by atoms with Crippen LogP contribution in [0, 0.1) is 12.8 Å². The lowest BCUT2D eigenvalue weighted by atomic mass is 9.89. The third kappa shape index (κ3) is 3.05. The van der Waals surface area contributed by atoms with Crippen molar-refractivity contribution in [3.63, 3.8) is 0 Å². The third-order valence-electron chi connectivity index (χ3n) is 3.09. The smallest absolute Gasteiger partial charge is 0.0704 e. The number of nitrogens with one attached hydrogen (secondary N) is 1. The molecule has 0 radical (unpaired) electrons. The predicted molar refractivity (Wildman–Crippen MR) is 72.6 cm³/mol. The van der Waals surface area contributed by atoms with Crippen LogP contribution in [0.3, 0.4) is 0 Å². The van der Waals surface area contributed by atoms with E-state index in [1.54, 1.807) is 0 Å². The van der Waals surface area contributed by atoms with Crippen molar-refractivity contribution in [3.8, 4) is 0 Å². The van der Waals surface area contributed by atoms with Crippen LogP contribution >= 0.6 is 27.3 Å². The van der Waals surface area contributed by atoms with Crippen LogP contribution in [0.4, 0.5) is 0 Å². The standard InChI is InChI=1S/C12H20BrNS/c1-5-9(6-2)12(14-4)10-7-11(13)15-8(10)3/h7,9,12,14H,5-6H2,1-4H3. The van der Waals surface area contributed by atoms with Crippen LogP contribution in [-0.4, -0.2) is 7.05 Å². The topological polar surface area (TPSA) is 12.0 Å². The first-order valence-corrected chi connectivity index (χ1v) is 7.18. The Morgan fingerprint density at radius 1 is 1.40 bits per heavy atom. The molecule has 1 nitrogen and oxygen atoms in total. The average Bonchev–Trinajstić information content (AvgIpc) is 2.54. The van der Waals surface area contributed by atoms with E-state index in [2.05, 4.69) is 55.1 Å². The quantitative estimate of drug-likeness (QED) is 0.841. The van der Waals surface area contributed by atoms with E-state index < -0.39 is 0 Å². The van der Waals surface area contributed by atoms with Crippen LogP contribution in [0.15, 0.2) is 9.85 Å². The molecule has 1 atom stereocenters. The second-order valence-electron chi connectivity index (χ2n) is 3.90. The first-order chi connectivity index (χ1) is 7.13. The van der Waals surface area contributed by atoms with E-state index in [-0.39, 0.29) is 0 Å². The van der Waals surface area contributed by atoms with Gasteiger partial charge in [0.25, 0.3) is 0 Å². The van der Waals surface area contributed by atoms with Gasteiger partial charge in [0, 0.05) is 10.9 Å². The minimum Gasteiger partial charge on any atom is -0.313 e. The summed E-state index contributed by atoms with van der Waals surface area (Å²) in [6, 6.07) is 2.77. The monoisotopic (exact) mass is 289 g/mol. The van der Waals surface area contributed by atoms with Crippen LogP contribution in [0.5, 0.6) is 0 Å². The zero-order valence-electron chi connectivity index (χ0n) is 9.93. The van der Waals surface area contributed by atoms with Gasteiger partial charge < -0.3 is 5.32 Å². The molecule has 1 rings (SSSR count). The summed E-state index contributed by atoms with van der Waals surface area (Å²) < 4.78 is 1.24. The van der Waals surface area contributed by atoms with Gasteiger partial charge in [-0.1, -0.05) is 26.7 Å². The van der Waals surface area contributed by atoms with Crippen molar-refractivity contribution >= 4 is 27.3 Å². The highest BCUT2D eigenvalue weighted by Gasteiger charge is 2.21. The summed E-state index contributed by atoms with van der Waals surface area (Å²) in [5.41, 5.74) is 1.46. The molecule has 0 aliphatic rings. The Bertz CT molecular complexity index is 305. The fourth-order valence-corrected chi connectivity index (χ4v) is 3.93. The lowest BCUT2D eigenvalue weighted by molar-refractivity contribution is 0.359. The SMILES string of the molecule is CCC(CC)C(NC)c1cc(Br)sc1C. The number of hydrogen-bond donors (Lipinski definition) is 1. The Morgan fingerprint density at radius 3 is 2.33 bits per heavy atom. The first kappa shape index (κ1) is 13.2. The Kier molecular flexibility index (Phi) is 5.30. The highest BCUT2D eigenvalue weighted by molar-refractivity contribution is 9.11. The van der Waals surface area contributed by atoms with Gasteiger partial charge in [-0.15, -0.1) is 11.3 Å². The molecule has 0 aliphatic heterocycles. The fraction of sp³-hybridized carbons (Fsp3) is 0.667. The van der Waals surface area contributed by atoms with E-state index in [0.717, 1.165) is 5.92 Å². The molecule has 1 aromatic rings. The van der Waals surface area contributed by atoms with E-state index in [0.29, 0.717) is 6.04 Å². The summed E-state index contributed by atoms with van der Waals surface area (Å²) in [5, 5.41) is 3.46. The third-order valence-corrected chi connectivity index (χ3v) is 4.66. The summed E-state index contributed by atoms with van der Waals surface area (Å²) in [6.45, 7) is 6.75. The van der Waals surface area contributed by atoms with Gasteiger partial charge in [0.05, 0.1) is 3.79 Å². The molecule has 0 amide bonds. The van der Waals surface area contributed by atoms with Gasteiger partial charge in [-0.2, -0.15) is 0 Å². The van der Waals surface area contributed by atoms with Crippen molar-refractivity contribution in [3.05, 3.63) is 20.3 Å². The minimum absolute atomic E-state index is 0.502. The van der Waals surface area contributed by atoms with Crippen molar-refractivity contribution in [1.82, 2.24) is 5.32 Å². The van der Waals surface area contributed by atoms with Crippen molar-refractivity contribution in [2.45, 2.75) is 39.7 Å². The molecule has 0 fully saturated rings. The molecule has 0 aromatic carbocycles. The molecule has 0 saturated heterocycles. The van der Waals surface area contributed by atoms with Gasteiger partial charge in [-0.05, 0) is 47.4 Å². The number of halogens is 1. The Hall–Kier alpha value is 0.140. The van der Waals surface area contributed by atoms with Crippen molar-refractivity contribution < 1.29 is 0 Å². The van der Waals surface area contributed by atoms with E-state index in [1.165, 1.54) is 27.1 Å². The molecular weight excluding hydrogens is 270 g/mol. The zero-order chi connectivity index (χ0) is 11.4. The molecular formula is C12H20BrNS. The molecule has 0 spiro atoms. The van der Waals surface area contributed by atoms with Gasteiger partial charge in [0.15, 0.2) is 0 Å². The lowest BCUT2D eigenvalue weighted by Gasteiger charge is -2.25. The molecule has 86 valence electrons. The van der Waals surface area contributed by atoms with E-state index in [1.807, 2.05) is 11.3 Å². The molecule has 0 saturated carbocycles. The maximum Gasteiger partial charge on any atom is 0.0704 e. The van der Waals surface area contributed by atoms with Crippen molar-refractivity contribution in [2.24, 2.45) is 5.92 Å². The number of thiophene rings is 1. The predicted octanol–water partition coefficient (Wildman–Crippen LogP) is 4.52. The molecule has 0 bridgehead atoms. The van der Waals surface area contributed by atoms with Gasteiger partial charge in [0.1, 0.15) is 0 Å². The molecule has 3 heteroatoms. The number of hydrogen-bond acceptors (Lipinski definition) is 2. The molecule has 1 heterocycles. The summed E-state index contributed by atoms with van der Waals surface area (Å²) in [6.07, 6.45) is 2.46. The van der Waals surface area contributed by atoms with E-state index in [4.69, 9.17) is 0 Å². The lowest BCUT2D eigenvalue weighted by Crippen LogP contribution is -2.24. The largest absolute Gasteiger partial charge is 0.313 e. The second-order valence-corrected chi connectivity index (χ2v) is 6.54. The van der Waals surface area contributed by atoms with E-state index in [9.17, 15) is 0 Å². The molecule has 1 N–H and O–H groups in total. The summed E-state index contributed by atoms with van der Waals surface area (Å²) in [4.78, 5) is 1.42. The van der Waals surface area contributed by atoms with Crippen LogP contribution in [0.1, 0.15) is 43.2 Å². The van der Waals surface area contributed by atoms with Crippen molar-refractivity contribution in [1.29, 1.82) is 0 Å². The maximum absolute atomic E-state index is 3.56. The number of aryl methyl sites for hydroxylation is 1. The fourth-order valence-electron chi connectivity index (χ4n) is 2.17. The first-order valence-electron chi connectivity index (χ1n) is 5.57. The van der Waals surface area contributed by atoms with Crippen LogP contribution in [0.25, 0.3) is 0 Å². The zero-order valence-corrected chi connectivity index (χ0v) is 12.3. The molecule has 0 aliphatic carbocycles.